The van der Waals surface area contributed by atoms with Crippen LogP contribution in [0.4, 0.5) is 5.69 Å². The minimum Gasteiger partial charge on any atom is -0.387 e. The Labute approximate surface area is 80.6 Å². The average molecular weight is 190 g/mol. The molecule has 0 bridgehead atoms. The van der Waals surface area contributed by atoms with Crippen molar-refractivity contribution in [1.29, 1.82) is 0 Å². The first-order valence-corrected chi connectivity index (χ1v) is 4.28. The fourth-order valence-electron chi connectivity index (χ4n) is 1.38. The quantitative estimate of drug-likeness (QED) is 0.663. The molecule has 2 rings (SSSR count). The maximum absolute atomic E-state index is 11.0. The van der Waals surface area contributed by atoms with Crippen LogP contribution in [0.1, 0.15) is 0 Å². The number of carbonyl (C=O) groups is 1. The van der Waals surface area contributed by atoms with Crippen LogP contribution in [0.2, 0.25) is 0 Å². The lowest BCUT2D eigenvalue weighted by Crippen LogP contribution is -2.15. The number of nitrogens with one attached hydrogen (secondary N) is 2. The van der Waals surface area contributed by atoms with Gasteiger partial charge in [-0.2, -0.15) is 0 Å². The van der Waals surface area contributed by atoms with Gasteiger partial charge >= 0.3 is 0 Å². The van der Waals surface area contributed by atoms with Gasteiger partial charge in [0.2, 0.25) is 5.91 Å². The van der Waals surface area contributed by atoms with Crippen molar-refractivity contribution in [3.63, 3.8) is 0 Å². The van der Waals surface area contributed by atoms with Crippen LogP contribution in [0, 0.1) is 0 Å². The number of aromatic amines is 1. The third-order valence-electron chi connectivity index (χ3n) is 2.00. The highest BCUT2D eigenvalue weighted by molar-refractivity contribution is 6.00. The third kappa shape index (κ3) is 1.47. The molecule has 2 aromatic rings. The Morgan fingerprint density at radius 1 is 1.43 bits per heavy atom. The van der Waals surface area contributed by atoms with Gasteiger partial charge in [0.15, 0.2) is 0 Å². The van der Waals surface area contributed by atoms with Crippen LogP contribution < -0.4 is 5.32 Å². The van der Waals surface area contributed by atoms with E-state index < -0.39 is 12.5 Å². The molecule has 1 amide bonds. The van der Waals surface area contributed by atoms with Crippen molar-refractivity contribution in [1.82, 2.24) is 4.98 Å². The van der Waals surface area contributed by atoms with Gasteiger partial charge in [0, 0.05) is 11.6 Å². The first-order valence-electron chi connectivity index (χ1n) is 4.28. The second kappa shape index (κ2) is 3.51. The smallest absolute Gasteiger partial charge is 0.250 e. The highest BCUT2D eigenvalue weighted by Crippen LogP contribution is 2.21. The fraction of sp³-hybridized carbons (Fsp3) is 0.100. The van der Waals surface area contributed by atoms with E-state index in [1.54, 1.807) is 12.3 Å². The summed E-state index contributed by atoms with van der Waals surface area (Å²) in [5.74, 6) is -0.410. The molecule has 0 saturated carbocycles. The SMILES string of the molecule is O=C(CO)Nc1cccc2cc[nH]c12. The molecule has 0 aliphatic heterocycles. The first kappa shape index (κ1) is 8.77. The Morgan fingerprint density at radius 2 is 2.29 bits per heavy atom. The minimum atomic E-state index is -0.503. The number of fused-ring (bicyclic) bond motifs is 1. The topological polar surface area (TPSA) is 65.1 Å². The Hall–Kier alpha value is -1.81. The molecule has 4 heteroatoms. The number of hydrogen-bond acceptors (Lipinski definition) is 2. The number of benzene rings is 1. The van der Waals surface area contributed by atoms with Crippen LogP contribution >= 0.6 is 0 Å². The van der Waals surface area contributed by atoms with Crippen LogP contribution in [0.15, 0.2) is 30.5 Å². The summed E-state index contributed by atoms with van der Waals surface area (Å²) < 4.78 is 0. The van der Waals surface area contributed by atoms with Crippen molar-refractivity contribution in [2.24, 2.45) is 0 Å². The van der Waals surface area contributed by atoms with Gasteiger partial charge in [-0.3, -0.25) is 4.79 Å². The summed E-state index contributed by atoms with van der Waals surface area (Å²) >= 11 is 0. The predicted octanol–water partition coefficient (Wildman–Crippen LogP) is 1.10. The Kier molecular flexibility index (Phi) is 2.20. The number of anilines is 1. The number of aliphatic hydroxyl groups is 1. The summed E-state index contributed by atoms with van der Waals surface area (Å²) in [7, 11) is 0. The summed E-state index contributed by atoms with van der Waals surface area (Å²) in [5, 5.41) is 12.2. The van der Waals surface area contributed by atoms with Crippen molar-refractivity contribution in [2.45, 2.75) is 0 Å². The standard InChI is InChI=1S/C10H10N2O2/c13-6-9(14)12-8-3-1-2-7-4-5-11-10(7)8/h1-5,11,13H,6H2,(H,12,14). The average Bonchev–Trinajstić information content (AvgIpc) is 2.66. The van der Waals surface area contributed by atoms with E-state index in [4.69, 9.17) is 5.11 Å². The highest BCUT2D eigenvalue weighted by atomic mass is 16.3. The number of rotatable bonds is 2. The van der Waals surface area contributed by atoms with E-state index in [-0.39, 0.29) is 0 Å². The molecule has 0 spiro atoms. The van der Waals surface area contributed by atoms with E-state index in [0.717, 1.165) is 10.9 Å². The van der Waals surface area contributed by atoms with Crippen LogP contribution in [0.3, 0.4) is 0 Å². The van der Waals surface area contributed by atoms with Gasteiger partial charge in [0.25, 0.3) is 0 Å². The molecule has 0 saturated heterocycles. The zero-order valence-electron chi connectivity index (χ0n) is 7.45. The van der Waals surface area contributed by atoms with Gasteiger partial charge in [0.1, 0.15) is 6.61 Å². The van der Waals surface area contributed by atoms with Crippen molar-refractivity contribution in [3.05, 3.63) is 30.5 Å². The maximum Gasteiger partial charge on any atom is 0.250 e. The second-order valence-corrected chi connectivity index (χ2v) is 2.95. The van der Waals surface area contributed by atoms with Crippen LogP contribution in [0.25, 0.3) is 10.9 Å². The molecule has 4 nitrogen and oxygen atoms in total. The maximum atomic E-state index is 11.0. The lowest BCUT2D eigenvalue weighted by atomic mass is 10.2. The van der Waals surface area contributed by atoms with Gasteiger partial charge in [-0.1, -0.05) is 12.1 Å². The molecule has 0 atom stereocenters. The van der Waals surface area contributed by atoms with Gasteiger partial charge in [-0.25, -0.2) is 0 Å². The Bertz CT molecular complexity index is 462. The molecule has 1 heterocycles. The number of para-hydroxylation sites is 1. The molecule has 1 aromatic heterocycles. The van der Waals surface area contributed by atoms with Crippen LogP contribution in [-0.2, 0) is 4.79 Å². The number of H-pyrrole nitrogens is 1. The summed E-state index contributed by atoms with van der Waals surface area (Å²) in [4.78, 5) is 14.0. The molecule has 1 aromatic carbocycles. The van der Waals surface area contributed by atoms with Crippen molar-refractivity contribution in [2.75, 3.05) is 11.9 Å². The van der Waals surface area contributed by atoms with E-state index >= 15 is 0 Å². The zero-order chi connectivity index (χ0) is 9.97. The van der Waals surface area contributed by atoms with Gasteiger partial charge in [-0.05, 0) is 12.1 Å². The molecule has 0 unspecified atom stereocenters. The normalized spacial score (nSPS) is 10.4. The summed E-state index contributed by atoms with van der Waals surface area (Å²) in [6, 6.07) is 7.50. The van der Waals surface area contributed by atoms with Crippen LogP contribution in [-0.4, -0.2) is 22.6 Å². The lowest BCUT2D eigenvalue weighted by Gasteiger charge is -2.03. The summed E-state index contributed by atoms with van der Waals surface area (Å²) in [6.45, 7) is -0.503. The number of hydrogen-bond donors (Lipinski definition) is 3. The molecular weight excluding hydrogens is 180 g/mol. The summed E-state index contributed by atoms with van der Waals surface area (Å²) in [6.07, 6.45) is 1.80. The molecule has 0 fully saturated rings. The van der Waals surface area contributed by atoms with Crippen molar-refractivity contribution >= 4 is 22.5 Å². The van der Waals surface area contributed by atoms with E-state index in [1.165, 1.54) is 0 Å². The fourth-order valence-corrected chi connectivity index (χ4v) is 1.38. The van der Waals surface area contributed by atoms with E-state index in [2.05, 4.69) is 10.3 Å². The van der Waals surface area contributed by atoms with E-state index in [0.29, 0.717) is 5.69 Å². The van der Waals surface area contributed by atoms with Gasteiger partial charge in [0.05, 0.1) is 11.2 Å². The molecule has 14 heavy (non-hydrogen) atoms. The number of carbonyl (C=O) groups excluding carboxylic acids is 1. The first-order chi connectivity index (χ1) is 6.81. The molecular formula is C10H10N2O2. The highest BCUT2D eigenvalue weighted by Gasteiger charge is 2.04. The number of amides is 1. The second-order valence-electron chi connectivity index (χ2n) is 2.95. The van der Waals surface area contributed by atoms with Crippen molar-refractivity contribution in [3.8, 4) is 0 Å². The molecule has 72 valence electrons. The monoisotopic (exact) mass is 190 g/mol. The third-order valence-corrected chi connectivity index (χ3v) is 2.00. The minimum absolute atomic E-state index is 0.410. The predicted molar refractivity (Wildman–Crippen MR) is 54.0 cm³/mol. The van der Waals surface area contributed by atoms with Gasteiger partial charge < -0.3 is 15.4 Å². The molecule has 0 aliphatic rings. The van der Waals surface area contributed by atoms with Crippen molar-refractivity contribution < 1.29 is 9.90 Å². The van der Waals surface area contributed by atoms with E-state index in [1.807, 2.05) is 18.2 Å². The molecule has 3 N–H and O–H groups in total. The number of aromatic nitrogens is 1. The molecule has 0 aliphatic carbocycles. The molecule has 0 radical (unpaired) electrons. The van der Waals surface area contributed by atoms with Crippen LogP contribution in [0.5, 0.6) is 0 Å². The van der Waals surface area contributed by atoms with E-state index in [9.17, 15) is 4.79 Å². The Balaban J connectivity index is 2.41. The lowest BCUT2D eigenvalue weighted by molar-refractivity contribution is -0.118. The largest absolute Gasteiger partial charge is 0.387 e. The Morgan fingerprint density at radius 3 is 3.07 bits per heavy atom. The number of aliphatic hydroxyl groups excluding tert-OH is 1. The van der Waals surface area contributed by atoms with Gasteiger partial charge in [-0.15, -0.1) is 0 Å². The zero-order valence-corrected chi connectivity index (χ0v) is 7.45. The summed E-state index contributed by atoms with van der Waals surface area (Å²) in [5.41, 5.74) is 1.56.